The number of carbonyl (C=O) groups is 1. The van der Waals surface area contributed by atoms with Crippen LogP contribution in [-0.2, 0) is 23.7 Å². The molecule has 2 aliphatic heterocycles. The predicted molar refractivity (Wildman–Crippen MR) is 155 cm³/mol. The van der Waals surface area contributed by atoms with Gasteiger partial charge in [0.1, 0.15) is 10.3 Å². The van der Waals surface area contributed by atoms with Crippen molar-refractivity contribution >= 4 is 29.0 Å². The highest BCUT2D eigenvalue weighted by Gasteiger charge is 2.60. The van der Waals surface area contributed by atoms with Crippen LogP contribution in [-0.4, -0.2) is 51.8 Å². The van der Waals surface area contributed by atoms with Gasteiger partial charge in [-0.05, 0) is 51.0 Å². The zero-order valence-electron chi connectivity index (χ0n) is 23.3. The van der Waals surface area contributed by atoms with Gasteiger partial charge in [-0.3, -0.25) is 4.79 Å². The van der Waals surface area contributed by atoms with Gasteiger partial charge in [0, 0.05) is 0 Å². The lowest BCUT2D eigenvalue weighted by Gasteiger charge is -2.40. The lowest BCUT2D eigenvalue weighted by atomic mass is 9.78. The molecule has 0 N–H and O–H groups in total. The van der Waals surface area contributed by atoms with E-state index in [9.17, 15) is 4.79 Å². The molecule has 2 saturated heterocycles. The highest BCUT2D eigenvalue weighted by Crippen LogP contribution is 2.53. The topological polar surface area (TPSA) is 89.6 Å². The normalized spacial score (nSPS) is 27.8. The van der Waals surface area contributed by atoms with Gasteiger partial charge in [0.05, 0.1) is 71.1 Å². The summed E-state index contributed by atoms with van der Waals surface area (Å²) in [5.74, 6) is 0.0532. The third kappa shape index (κ3) is 4.42. The number of ketones is 1. The molecule has 11 heteroatoms. The van der Waals surface area contributed by atoms with Crippen LogP contribution in [0.3, 0.4) is 0 Å². The molecule has 1 saturated carbocycles. The Hall–Kier alpha value is -3.05. The molecule has 2 aromatic heterocycles. The molecule has 3 aliphatic rings. The van der Waals surface area contributed by atoms with Crippen molar-refractivity contribution < 1.29 is 23.7 Å². The second kappa shape index (κ2) is 10.6. The van der Waals surface area contributed by atoms with E-state index in [1.54, 1.807) is 9.36 Å². The summed E-state index contributed by atoms with van der Waals surface area (Å²) in [5, 5.41) is 10.1. The van der Waals surface area contributed by atoms with E-state index in [1.807, 2.05) is 74.5 Å². The number of ether oxygens (including phenoxy) is 4. The van der Waals surface area contributed by atoms with Gasteiger partial charge in [0.15, 0.2) is 18.4 Å². The van der Waals surface area contributed by atoms with Crippen molar-refractivity contribution in [2.75, 3.05) is 26.4 Å². The lowest BCUT2D eigenvalue weighted by Crippen LogP contribution is -2.50. The SMILES string of the molecule is Cc1nn(-c2ccccc2)c(Cl)c1C1OCC2(CCC3(COC(c4c(C)nn(-c5ccccc5)c4Cl)OC3)C2=O)CO1. The van der Waals surface area contributed by atoms with Crippen molar-refractivity contribution in [3.63, 3.8) is 0 Å². The second-order valence-corrected chi connectivity index (χ2v) is 12.1. The third-order valence-electron chi connectivity index (χ3n) is 8.66. The van der Waals surface area contributed by atoms with Gasteiger partial charge in [-0.1, -0.05) is 59.6 Å². The fourth-order valence-electron chi connectivity index (χ4n) is 6.31. The Kier molecular flexibility index (Phi) is 7.00. The van der Waals surface area contributed by atoms with Crippen molar-refractivity contribution in [2.24, 2.45) is 10.8 Å². The summed E-state index contributed by atoms with van der Waals surface area (Å²) in [4.78, 5) is 14.0. The van der Waals surface area contributed by atoms with Crippen LogP contribution in [0.25, 0.3) is 11.4 Å². The Bertz CT molecular complexity index is 1500. The van der Waals surface area contributed by atoms with E-state index in [4.69, 9.17) is 42.1 Å². The van der Waals surface area contributed by atoms with Crippen molar-refractivity contribution in [3.8, 4) is 11.4 Å². The fraction of sp³-hybridized carbons (Fsp3) is 0.387. The Morgan fingerprint density at radius 1 is 0.667 bits per heavy atom. The van der Waals surface area contributed by atoms with Gasteiger partial charge in [-0.15, -0.1) is 0 Å². The molecule has 2 spiro atoms. The summed E-state index contributed by atoms with van der Waals surface area (Å²) >= 11 is 13.5. The first-order valence-corrected chi connectivity index (χ1v) is 14.7. The quantitative estimate of drug-likeness (QED) is 0.276. The van der Waals surface area contributed by atoms with Gasteiger partial charge in [0.25, 0.3) is 0 Å². The minimum atomic E-state index is -0.766. The van der Waals surface area contributed by atoms with Crippen LogP contribution < -0.4 is 0 Å². The van der Waals surface area contributed by atoms with Gasteiger partial charge >= 0.3 is 0 Å². The molecule has 0 radical (unpaired) electrons. The number of para-hydroxylation sites is 2. The number of carbonyl (C=O) groups excluding carboxylic acids is 1. The summed E-state index contributed by atoms with van der Waals surface area (Å²) < 4.78 is 28.1. The Labute approximate surface area is 253 Å². The second-order valence-electron chi connectivity index (χ2n) is 11.4. The molecular formula is C31H30Cl2N4O5. The molecule has 0 bridgehead atoms. The maximum absolute atomic E-state index is 14.0. The number of hydrogen-bond acceptors (Lipinski definition) is 7. The monoisotopic (exact) mass is 608 g/mol. The first kappa shape index (κ1) is 27.8. The van der Waals surface area contributed by atoms with E-state index in [0.29, 0.717) is 45.7 Å². The molecule has 1 aliphatic carbocycles. The average Bonchev–Trinajstić information content (AvgIpc) is 3.59. The van der Waals surface area contributed by atoms with Crippen LogP contribution in [0.4, 0.5) is 0 Å². The van der Waals surface area contributed by atoms with E-state index in [-0.39, 0.29) is 32.2 Å². The lowest BCUT2D eigenvalue weighted by molar-refractivity contribution is -0.240. The van der Waals surface area contributed by atoms with Crippen molar-refractivity contribution in [2.45, 2.75) is 39.3 Å². The fourth-order valence-corrected chi connectivity index (χ4v) is 7.03. The smallest absolute Gasteiger partial charge is 0.188 e. The van der Waals surface area contributed by atoms with E-state index in [1.165, 1.54) is 0 Å². The zero-order valence-corrected chi connectivity index (χ0v) is 24.8. The first-order valence-electron chi connectivity index (χ1n) is 13.9. The van der Waals surface area contributed by atoms with Crippen molar-refractivity contribution in [1.82, 2.24) is 19.6 Å². The molecule has 2 aromatic carbocycles. The summed E-state index contributed by atoms with van der Waals surface area (Å²) in [7, 11) is 0. The molecule has 3 fully saturated rings. The molecule has 0 amide bonds. The van der Waals surface area contributed by atoms with Gasteiger partial charge in [-0.25, -0.2) is 9.36 Å². The number of Topliss-reactive ketones (excluding diaryl/α,β-unsaturated/α-hetero) is 1. The van der Waals surface area contributed by atoms with E-state index < -0.39 is 23.4 Å². The molecule has 4 heterocycles. The number of rotatable bonds is 4. The van der Waals surface area contributed by atoms with Gasteiger partial charge < -0.3 is 18.9 Å². The average molecular weight is 610 g/mol. The number of benzene rings is 2. The van der Waals surface area contributed by atoms with Gasteiger partial charge in [-0.2, -0.15) is 10.2 Å². The highest BCUT2D eigenvalue weighted by molar-refractivity contribution is 6.31. The van der Waals surface area contributed by atoms with E-state index >= 15 is 0 Å². The maximum Gasteiger partial charge on any atom is 0.188 e. The van der Waals surface area contributed by atoms with Crippen LogP contribution in [0, 0.1) is 24.7 Å². The summed E-state index contributed by atoms with van der Waals surface area (Å²) in [6, 6.07) is 19.3. The largest absolute Gasteiger partial charge is 0.347 e. The molecule has 218 valence electrons. The van der Waals surface area contributed by atoms with Crippen molar-refractivity contribution in [3.05, 3.63) is 93.5 Å². The Morgan fingerprint density at radius 3 is 1.38 bits per heavy atom. The van der Waals surface area contributed by atoms with Crippen LogP contribution in [0.15, 0.2) is 60.7 Å². The maximum atomic E-state index is 14.0. The van der Waals surface area contributed by atoms with E-state index in [0.717, 1.165) is 11.4 Å². The summed E-state index contributed by atoms with van der Waals surface area (Å²) in [5.41, 5.74) is 2.92. The Balaban J connectivity index is 1.04. The number of aryl methyl sites for hydroxylation is 2. The molecule has 9 nitrogen and oxygen atoms in total. The van der Waals surface area contributed by atoms with Crippen LogP contribution in [0.1, 0.15) is 47.9 Å². The van der Waals surface area contributed by atoms with Crippen LogP contribution in [0.5, 0.6) is 0 Å². The summed E-state index contributed by atoms with van der Waals surface area (Å²) in [6.07, 6.45) is -0.172. The highest BCUT2D eigenvalue weighted by atomic mass is 35.5. The summed E-state index contributed by atoms with van der Waals surface area (Å²) in [6.45, 7) is 4.65. The third-order valence-corrected chi connectivity index (χ3v) is 9.39. The first-order chi connectivity index (χ1) is 20.3. The number of hydrogen-bond donors (Lipinski definition) is 0. The molecular weight excluding hydrogens is 579 g/mol. The Morgan fingerprint density at radius 2 is 1.02 bits per heavy atom. The standard InChI is InChI=1S/C31H30Cl2N4O5/c1-19-23(25(32)36(34-19)21-9-5-3-6-10-21)27-39-15-30(16-40-27)13-14-31(29(30)38)17-41-28(42-18-31)24-20(2)35-37(26(24)33)22-11-7-4-8-12-22/h3-12,27-28H,13-18H2,1-2H3. The van der Waals surface area contributed by atoms with Crippen LogP contribution in [0.2, 0.25) is 10.3 Å². The van der Waals surface area contributed by atoms with Gasteiger partial charge in [0.2, 0.25) is 0 Å². The minimum Gasteiger partial charge on any atom is -0.347 e. The minimum absolute atomic E-state index is 0.0532. The molecule has 0 atom stereocenters. The molecule has 7 rings (SSSR count). The van der Waals surface area contributed by atoms with E-state index in [2.05, 4.69) is 10.2 Å². The molecule has 42 heavy (non-hydrogen) atoms. The number of nitrogens with zero attached hydrogens (tertiary/aromatic N) is 4. The molecule has 4 aromatic rings. The zero-order chi connectivity index (χ0) is 29.1. The van der Waals surface area contributed by atoms with Crippen LogP contribution >= 0.6 is 23.2 Å². The number of aromatic nitrogens is 4. The number of halogens is 2. The van der Waals surface area contributed by atoms with Crippen molar-refractivity contribution in [1.29, 1.82) is 0 Å². The predicted octanol–water partition coefficient (Wildman–Crippen LogP) is 6.11. The molecule has 0 unspecified atom stereocenters.